The monoisotopic (exact) mass is 325 g/mol. The van der Waals surface area contributed by atoms with Crippen LogP contribution in [-0.4, -0.2) is 62.6 Å². The van der Waals surface area contributed by atoms with Crippen molar-refractivity contribution in [3.05, 3.63) is 0 Å². The molecule has 1 fully saturated rings. The lowest BCUT2D eigenvalue weighted by Gasteiger charge is -2.25. The maximum Gasteiger partial charge on any atom is 0.225 e. The number of carbonyl (C=O) groups excluding carboxylic acids is 1. The Morgan fingerprint density at radius 1 is 1.04 bits per heavy atom. The van der Waals surface area contributed by atoms with Crippen LogP contribution >= 0.6 is 0 Å². The van der Waals surface area contributed by atoms with E-state index in [0.717, 1.165) is 25.6 Å². The number of hydrogen-bond donors (Lipinski definition) is 3. The van der Waals surface area contributed by atoms with Crippen LogP contribution in [0.15, 0.2) is 4.99 Å². The lowest BCUT2D eigenvalue weighted by molar-refractivity contribution is -0.128. The highest BCUT2D eigenvalue weighted by atomic mass is 16.2. The van der Waals surface area contributed by atoms with Gasteiger partial charge in [0, 0.05) is 31.6 Å². The second kappa shape index (κ2) is 10.5. The van der Waals surface area contributed by atoms with Crippen LogP contribution in [0.2, 0.25) is 0 Å². The molecule has 134 valence electrons. The summed E-state index contributed by atoms with van der Waals surface area (Å²) in [5, 5.41) is 9.45. The maximum absolute atomic E-state index is 11.8. The standard InChI is InChI=1S/C17H35N5O/c1-5-18-16(20-10-9-19-15(23)17(2,3)4)21-11-14-22-12-7-6-8-13-22/h5-14H2,1-4H3,(H,19,23)(H2,18,20,21). The Bertz CT molecular complexity index is 370. The van der Waals surface area contributed by atoms with Crippen molar-refractivity contribution < 1.29 is 4.79 Å². The molecule has 0 spiro atoms. The van der Waals surface area contributed by atoms with Crippen LogP contribution in [-0.2, 0) is 4.79 Å². The van der Waals surface area contributed by atoms with Gasteiger partial charge in [-0.3, -0.25) is 9.79 Å². The highest BCUT2D eigenvalue weighted by molar-refractivity contribution is 5.81. The van der Waals surface area contributed by atoms with Crippen LogP contribution in [0, 0.1) is 5.41 Å². The van der Waals surface area contributed by atoms with Crippen molar-refractivity contribution in [2.24, 2.45) is 10.4 Å². The van der Waals surface area contributed by atoms with Gasteiger partial charge in [0.25, 0.3) is 0 Å². The third kappa shape index (κ3) is 8.79. The van der Waals surface area contributed by atoms with Gasteiger partial charge in [-0.15, -0.1) is 0 Å². The van der Waals surface area contributed by atoms with Crippen LogP contribution in [0.4, 0.5) is 0 Å². The van der Waals surface area contributed by atoms with Crippen molar-refractivity contribution in [2.45, 2.75) is 47.0 Å². The number of likely N-dealkylation sites (tertiary alicyclic amines) is 1. The lowest BCUT2D eigenvalue weighted by atomic mass is 9.96. The Balaban J connectivity index is 2.24. The first kappa shape index (κ1) is 19.7. The van der Waals surface area contributed by atoms with E-state index >= 15 is 0 Å². The van der Waals surface area contributed by atoms with E-state index in [1.807, 2.05) is 20.8 Å². The Morgan fingerprint density at radius 2 is 1.70 bits per heavy atom. The molecule has 1 aliphatic rings. The van der Waals surface area contributed by atoms with E-state index in [1.54, 1.807) is 0 Å². The van der Waals surface area contributed by atoms with Crippen molar-refractivity contribution in [3.8, 4) is 0 Å². The molecule has 6 nitrogen and oxygen atoms in total. The minimum Gasteiger partial charge on any atom is -0.357 e. The number of aliphatic imine (C=N–C) groups is 1. The average Bonchev–Trinajstić information content (AvgIpc) is 2.51. The molecule has 3 N–H and O–H groups in total. The Kier molecular flexibility index (Phi) is 8.99. The van der Waals surface area contributed by atoms with Gasteiger partial charge >= 0.3 is 0 Å². The van der Waals surface area contributed by atoms with Crippen LogP contribution in [0.25, 0.3) is 0 Å². The van der Waals surface area contributed by atoms with Gasteiger partial charge in [-0.25, -0.2) is 0 Å². The molecule has 23 heavy (non-hydrogen) atoms. The maximum atomic E-state index is 11.8. The normalized spacial score (nSPS) is 17.0. The molecule has 1 rings (SSSR count). The van der Waals surface area contributed by atoms with E-state index in [4.69, 9.17) is 0 Å². The van der Waals surface area contributed by atoms with E-state index in [1.165, 1.54) is 32.4 Å². The van der Waals surface area contributed by atoms with Crippen LogP contribution in [0.1, 0.15) is 47.0 Å². The number of nitrogens with zero attached hydrogens (tertiary/aromatic N) is 2. The molecule has 0 aromatic carbocycles. The number of nitrogens with one attached hydrogen (secondary N) is 3. The summed E-state index contributed by atoms with van der Waals surface area (Å²) in [6.45, 7) is 14.2. The quantitative estimate of drug-likeness (QED) is 0.374. The fraction of sp³-hybridized carbons (Fsp3) is 0.882. The smallest absolute Gasteiger partial charge is 0.225 e. The SMILES string of the molecule is CCNC(=NCCN1CCCCC1)NCCNC(=O)C(C)(C)C. The summed E-state index contributed by atoms with van der Waals surface area (Å²) in [6, 6.07) is 0. The van der Waals surface area contributed by atoms with Crippen LogP contribution in [0.3, 0.4) is 0 Å². The van der Waals surface area contributed by atoms with Gasteiger partial charge in [0.15, 0.2) is 5.96 Å². The summed E-state index contributed by atoms with van der Waals surface area (Å²) < 4.78 is 0. The summed E-state index contributed by atoms with van der Waals surface area (Å²) in [7, 11) is 0. The molecule has 1 heterocycles. The summed E-state index contributed by atoms with van der Waals surface area (Å²) in [4.78, 5) is 18.9. The van der Waals surface area contributed by atoms with Gasteiger partial charge in [0.2, 0.25) is 5.91 Å². The molecule has 0 unspecified atom stereocenters. The molecule has 0 aromatic heterocycles. The second-order valence-electron chi connectivity index (χ2n) is 7.10. The molecule has 0 bridgehead atoms. The third-order valence-electron chi connectivity index (χ3n) is 3.86. The fourth-order valence-electron chi connectivity index (χ4n) is 2.45. The Morgan fingerprint density at radius 3 is 2.30 bits per heavy atom. The molecular weight excluding hydrogens is 290 g/mol. The summed E-state index contributed by atoms with van der Waals surface area (Å²) in [5.41, 5.74) is -0.340. The van der Waals surface area contributed by atoms with E-state index in [2.05, 4.69) is 32.8 Å². The van der Waals surface area contributed by atoms with Crippen molar-refractivity contribution >= 4 is 11.9 Å². The zero-order valence-corrected chi connectivity index (χ0v) is 15.4. The third-order valence-corrected chi connectivity index (χ3v) is 3.86. The Hall–Kier alpha value is -1.30. The molecule has 0 radical (unpaired) electrons. The van der Waals surface area contributed by atoms with Crippen LogP contribution < -0.4 is 16.0 Å². The number of amides is 1. The van der Waals surface area contributed by atoms with E-state index in [9.17, 15) is 4.79 Å². The van der Waals surface area contributed by atoms with E-state index < -0.39 is 0 Å². The molecule has 1 aliphatic heterocycles. The van der Waals surface area contributed by atoms with Crippen LogP contribution in [0.5, 0.6) is 0 Å². The van der Waals surface area contributed by atoms with Crippen molar-refractivity contribution in [2.75, 3.05) is 45.8 Å². The summed E-state index contributed by atoms with van der Waals surface area (Å²) >= 11 is 0. The molecule has 1 saturated heterocycles. The predicted octanol–water partition coefficient (Wildman–Crippen LogP) is 1.19. The highest BCUT2D eigenvalue weighted by Crippen LogP contribution is 2.11. The molecular formula is C17H35N5O. The van der Waals surface area contributed by atoms with Crippen molar-refractivity contribution in [1.82, 2.24) is 20.9 Å². The molecule has 0 saturated carbocycles. The molecule has 0 atom stereocenters. The minimum absolute atomic E-state index is 0.0753. The summed E-state index contributed by atoms with van der Waals surface area (Å²) in [5.74, 6) is 0.904. The van der Waals surface area contributed by atoms with Gasteiger partial charge in [-0.1, -0.05) is 27.2 Å². The number of guanidine groups is 1. The zero-order chi connectivity index (χ0) is 17.1. The first-order valence-electron chi connectivity index (χ1n) is 8.96. The molecule has 0 aromatic rings. The van der Waals surface area contributed by atoms with Gasteiger partial charge in [0.1, 0.15) is 0 Å². The fourth-order valence-corrected chi connectivity index (χ4v) is 2.45. The second-order valence-corrected chi connectivity index (χ2v) is 7.10. The minimum atomic E-state index is -0.340. The topological polar surface area (TPSA) is 68.8 Å². The van der Waals surface area contributed by atoms with Gasteiger partial charge in [-0.05, 0) is 32.9 Å². The predicted molar refractivity (Wildman–Crippen MR) is 96.7 cm³/mol. The summed E-state index contributed by atoms with van der Waals surface area (Å²) in [6.07, 6.45) is 4.00. The van der Waals surface area contributed by atoms with Crippen molar-refractivity contribution in [1.29, 1.82) is 0 Å². The largest absolute Gasteiger partial charge is 0.357 e. The Labute approximate surface area is 141 Å². The zero-order valence-electron chi connectivity index (χ0n) is 15.4. The molecule has 1 amide bonds. The lowest BCUT2D eigenvalue weighted by Crippen LogP contribution is -2.43. The highest BCUT2D eigenvalue weighted by Gasteiger charge is 2.20. The van der Waals surface area contributed by atoms with Gasteiger partial charge < -0.3 is 20.9 Å². The first-order valence-corrected chi connectivity index (χ1v) is 8.96. The van der Waals surface area contributed by atoms with Gasteiger partial charge in [0.05, 0.1) is 6.54 Å². The van der Waals surface area contributed by atoms with E-state index in [0.29, 0.717) is 13.1 Å². The van der Waals surface area contributed by atoms with Gasteiger partial charge in [-0.2, -0.15) is 0 Å². The molecule has 0 aliphatic carbocycles. The van der Waals surface area contributed by atoms with E-state index in [-0.39, 0.29) is 11.3 Å². The number of rotatable bonds is 7. The average molecular weight is 326 g/mol. The van der Waals surface area contributed by atoms with Crippen molar-refractivity contribution in [3.63, 3.8) is 0 Å². The number of hydrogen-bond acceptors (Lipinski definition) is 3. The number of carbonyl (C=O) groups is 1. The first-order chi connectivity index (χ1) is 10.9. The number of piperidine rings is 1. The molecule has 6 heteroatoms.